The monoisotopic (exact) mass is 556 g/mol. The number of Topliss-reactive ketones (excluding diaryl/α,β-unsaturated/α-hetero) is 1. The normalized spacial score (nSPS) is 12.5. The van der Waals surface area contributed by atoms with Crippen LogP contribution in [0.15, 0.2) is 79.0 Å². The molecule has 0 fully saturated rings. The first-order valence-electron chi connectivity index (χ1n) is 13.1. The maximum absolute atomic E-state index is 13.0. The summed E-state index contributed by atoms with van der Waals surface area (Å²) in [5.74, 6) is -1.65. The Balaban J connectivity index is 1.28. The van der Waals surface area contributed by atoms with E-state index in [-0.39, 0.29) is 36.5 Å². The number of carbonyl (C=O) groups is 4. The Morgan fingerprint density at radius 3 is 2.38 bits per heavy atom. The molecule has 4 rings (SSSR count). The van der Waals surface area contributed by atoms with E-state index in [9.17, 15) is 19.2 Å². The molecule has 0 aliphatic carbocycles. The number of nitrogens with zero attached hydrogens (tertiary/aromatic N) is 1. The zero-order chi connectivity index (χ0) is 28.6. The number of aromatic nitrogens is 1. The van der Waals surface area contributed by atoms with Gasteiger partial charge in [0, 0.05) is 16.5 Å². The largest absolute Gasteiger partial charge is 0.349 e. The molecule has 2 aromatic carbocycles. The fraction of sp³-hybridized carbons (Fsp3) is 0.258. The summed E-state index contributed by atoms with van der Waals surface area (Å²) in [5, 5.41) is 9.09. The van der Waals surface area contributed by atoms with Gasteiger partial charge in [0.25, 0.3) is 5.91 Å². The molecule has 0 bridgehead atoms. The summed E-state index contributed by atoms with van der Waals surface area (Å²) < 4.78 is 0.986. The first-order valence-corrected chi connectivity index (χ1v) is 13.9. The van der Waals surface area contributed by atoms with Gasteiger partial charge in [0.05, 0.1) is 29.6 Å². The Morgan fingerprint density at radius 2 is 1.65 bits per heavy atom. The molecule has 3 N–H and O–H groups in total. The number of hydrogen-bond donors (Lipinski definition) is 3. The van der Waals surface area contributed by atoms with Gasteiger partial charge >= 0.3 is 0 Å². The predicted molar refractivity (Wildman–Crippen MR) is 157 cm³/mol. The van der Waals surface area contributed by atoms with Crippen LogP contribution >= 0.6 is 11.3 Å². The van der Waals surface area contributed by atoms with Crippen molar-refractivity contribution in [2.75, 3.05) is 6.54 Å². The third-order valence-corrected chi connectivity index (χ3v) is 7.55. The van der Waals surface area contributed by atoms with E-state index in [1.54, 1.807) is 19.2 Å². The van der Waals surface area contributed by atoms with E-state index in [0.29, 0.717) is 4.88 Å². The van der Waals surface area contributed by atoms with E-state index < -0.39 is 18.0 Å². The van der Waals surface area contributed by atoms with Crippen LogP contribution in [0.4, 0.5) is 0 Å². The highest BCUT2D eigenvalue weighted by atomic mass is 32.1. The van der Waals surface area contributed by atoms with E-state index >= 15 is 0 Å². The Morgan fingerprint density at radius 1 is 0.875 bits per heavy atom. The molecule has 0 spiro atoms. The number of ketones is 1. The van der Waals surface area contributed by atoms with Gasteiger partial charge in [-0.3, -0.25) is 24.2 Å². The van der Waals surface area contributed by atoms with Crippen molar-refractivity contribution in [2.45, 2.75) is 39.3 Å². The van der Waals surface area contributed by atoms with Crippen molar-refractivity contribution < 1.29 is 19.2 Å². The van der Waals surface area contributed by atoms with Crippen LogP contribution in [0.3, 0.4) is 0 Å². The summed E-state index contributed by atoms with van der Waals surface area (Å²) in [6, 6.07) is 21.0. The van der Waals surface area contributed by atoms with E-state index in [0.717, 1.165) is 26.9 Å². The second-order valence-corrected chi connectivity index (χ2v) is 11.0. The highest BCUT2D eigenvalue weighted by Crippen LogP contribution is 2.25. The lowest BCUT2D eigenvalue weighted by molar-refractivity contribution is -0.129. The van der Waals surface area contributed by atoms with Gasteiger partial charge < -0.3 is 16.0 Å². The molecule has 2 aromatic heterocycles. The summed E-state index contributed by atoms with van der Waals surface area (Å²) in [7, 11) is 0. The summed E-state index contributed by atoms with van der Waals surface area (Å²) in [6.45, 7) is 4.99. The van der Waals surface area contributed by atoms with Gasteiger partial charge in [-0.15, -0.1) is 11.3 Å². The first-order chi connectivity index (χ1) is 19.2. The Labute approximate surface area is 237 Å². The molecule has 0 saturated carbocycles. The van der Waals surface area contributed by atoms with Gasteiger partial charge in [-0.1, -0.05) is 56.3 Å². The molecule has 1 unspecified atom stereocenters. The standard InChI is InChI=1S/C31H32N4O4S/c1-19(2)29(35-30(38)27-17-23-10-4-5-13-26(23)40-27)31(39)34-20(3)25(36)18-33-28(37)16-21-9-8-11-22(15-21)24-12-6-7-14-32-24/h4-15,17,19-20,29H,16,18H2,1-3H3,(H,33,37)(H,34,39)(H,35,38)/t20?,29-/m0/s1. The lowest BCUT2D eigenvalue weighted by Crippen LogP contribution is -2.53. The number of rotatable bonds is 11. The molecule has 0 saturated heterocycles. The number of benzene rings is 2. The summed E-state index contributed by atoms with van der Waals surface area (Å²) in [4.78, 5) is 55.9. The SMILES string of the molecule is CC(NC(=O)[C@@H](NC(=O)c1cc2ccccc2s1)C(C)C)C(=O)CNC(=O)Cc1cccc(-c2ccccn2)c1. The fourth-order valence-electron chi connectivity index (χ4n) is 4.19. The van der Waals surface area contributed by atoms with Crippen LogP contribution in [-0.4, -0.2) is 47.1 Å². The van der Waals surface area contributed by atoms with Crippen LogP contribution in [0.5, 0.6) is 0 Å². The van der Waals surface area contributed by atoms with Crippen molar-refractivity contribution in [3.8, 4) is 11.3 Å². The second-order valence-electron chi connectivity index (χ2n) is 9.91. The van der Waals surface area contributed by atoms with Crippen LogP contribution in [0, 0.1) is 5.92 Å². The van der Waals surface area contributed by atoms with E-state index in [2.05, 4.69) is 20.9 Å². The van der Waals surface area contributed by atoms with Gasteiger partial charge in [0.15, 0.2) is 5.78 Å². The number of fused-ring (bicyclic) bond motifs is 1. The number of thiophene rings is 1. The van der Waals surface area contributed by atoms with Gasteiger partial charge in [-0.2, -0.15) is 0 Å². The Hall–Kier alpha value is -4.37. The summed E-state index contributed by atoms with van der Waals surface area (Å²) in [6.07, 6.45) is 1.82. The van der Waals surface area contributed by atoms with Crippen molar-refractivity contribution in [3.05, 3.63) is 89.4 Å². The zero-order valence-electron chi connectivity index (χ0n) is 22.6. The van der Waals surface area contributed by atoms with Crippen molar-refractivity contribution in [2.24, 2.45) is 5.92 Å². The molecule has 2 atom stereocenters. The smallest absolute Gasteiger partial charge is 0.262 e. The molecular weight excluding hydrogens is 524 g/mol. The highest BCUT2D eigenvalue weighted by Gasteiger charge is 2.28. The van der Waals surface area contributed by atoms with E-state index in [1.165, 1.54) is 11.3 Å². The van der Waals surface area contributed by atoms with Crippen LogP contribution in [0.1, 0.15) is 36.0 Å². The summed E-state index contributed by atoms with van der Waals surface area (Å²) >= 11 is 1.36. The minimum Gasteiger partial charge on any atom is -0.349 e. The highest BCUT2D eigenvalue weighted by molar-refractivity contribution is 7.20. The number of hydrogen-bond acceptors (Lipinski definition) is 6. The molecule has 40 heavy (non-hydrogen) atoms. The molecule has 2 heterocycles. The minimum absolute atomic E-state index is 0.105. The number of nitrogens with one attached hydrogen (secondary N) is 3. The molecule has 0 aliphatic rings. The predicted octanol–water partition coefficient (Wildman–Crippen LogP) is 4.15. The molecule has 8 nitrogen and oxygen atoms in total. The van der Waals surface area contributed by atoms with Crippen LogP contribution in [-0.2, 0) is 20.8 Å². The second kappa shape index (κ2) is 13.1. The number of carbonyl (C=O) groups excluding carboxylic acids is 4. The molecule has 206 valence electrons. The topological polar surface area (TPSA) is 117 Å². The van der Waals surface area contributed by atoms with Crippen molar-refractivity contribution in [1.29, 1.82) is 0 Å². The van der Waals surface area contributed by atoms with Crippen LogP contribution in [0.25, 0.3) is 21.3 Å². The third kappa shape index (κ3) is 7.39. The maximum atomic E-state index is 13.0. The van der Waals surface area contributed by atoms with E-state index in [4.69, 9.17) is 0 Å². The van der Waals surface area contributed by atoms with Gasteiger partial charge in [0.2, 0.25) is 11.8 Å². The minimum atomic E-state index is -0.845. The van der Waals surface area contributed by atoms with Crippen LogP contribution < -0.4 is 16.0 Å². The molecule has 3 amide bonds. The van der Waals surface area contributed by atoms with E-state index in [1.807, 2.05) is 80.6 Å². The van der Waals surface area contributed by atoms with Gasteiger partial charge in [0.1, 0.15) is 6.04 Å². The van der Waals surface area contributed by atoms with Gasteiger partial charge in [-0.05, 0) is 54.1 Å². The number of amides is 3. The van der Waals surface area contributed by atoms with Crippen molar-refractivity contribution in [1.82, 2.24) is 20.9 Å². The zero-order valence-corrected chi connectivity index (χ0v) is 23.5. The average Bonchev–Trinajstić information content (AvgIpc) is 3.39. The molecule has 9 heteroatoms. The molecular formula is C31H32N4O4S. The van der Waals surface area contributed by atoms with Crippen LogP contribution in [0.2, 0.25) is 0 Å². The average molecular weight is 557 g/mol. The molecule has 4 aromatic rings. The Kier molecular flexibility index (Phi) is 9.39. The van der Waals surface area contributed by atoms with Crippen molar-refractivity contribution in [3.63, 3.8) is 0 Å². The Bertz CT molecular complexity index is 1480. The quantitative estimate of drug-likeness (QED) is 0.257. The lowest BCUT2D eigenvalue weighted by Gasteiger charge is -2.23. The molecule has 0 aliphatic heterocycles. The first kappa shape index (κ1) is 28.6. The third-order valence-electron chi connectivity index (χ3n) is 6.44. The maximum Gasteiger partial charge on any atom is 0.262 e. The lowest BCUT2D eigenvalue weighted by atomic mass is 10.0. The van der Waals surface area contributed by atoms with Gasteiger partial charge in [-0.25, -0.2) is 0 Å². The van der Waals surface area contributed by atoms with Crippen molar-refractivity contribution >= 4 is 44.9 Å². The fourth-order valence-corrected chi connectivity index (χ4v) is 5.15. The summed E-state index contributed by atoms with van der Waals surface area (Å²) in [5.41, 5.74) is 2.50. The molecule has 0 radical (unpaired) electrons. The number of pyridine rings is 1.